The predicted molar refractivity (Wildman–Crippen MR) is 98.0 cm³/mol. The van der Waals surface area contributed by atoms with E-state index in [1.54, 1.807) is 18.2 Å². The molecule has 0 fully saturated rings. The molecule has 1 aliphatic rings. The molecule has 0 saturated heterocycles. The van der Waals surface area contributed by atoms with Gasteiger partial charge in [-0.3, -0.25) is 0 Å². The quantitative estimate of drug-likeness (QED) is 0.261. The van der Waals surface area contributed by atoms with Crippen LogP contribution in [0.5, 0.6) is 23.0 Å². The average Bonchev–Trinajstić information content (AvgIpc) is 2.67. The first-order valence-electron chi connectivity index (χ1n) is 8.52. The van der Waals surface area contributed by atoms with Crippen molar-refractivity contribution in [2.24, 2.45) is 0 Å². The van der Waals surface area contributed by atoms with E-state index < -0.39 is 17.9 Å². The zero-order chi connectivity index (χ0) is 20.3. The Morgan fingerprint density at radius 3 is 2.55 bits per heavy atom. The number of hydrogen-bond donors (Lipinski definition) is 0. The number of hydrogen-bond acceptors (Lipinski definition) is 4. The summed E-state index contributed by atoms with van der Waals surface area (Å²) in [5.74, 6) is -0.422. The number of fused-ring (bicyclic) bond motifs is 4. The molecule has 4 aromatic rings. The number of ether oxygens (including phenoxy) is 3. The Balaban J connectivity index is 1.81. The van der Waals surface area contributed by atoms with Gasteiger partial charge in [0.05, 0.1) is 18.2 Å². The molecule has 146 valence electrons. The molecule has 8 heteroatoms. The maximum Gasteiger partial charge on any atom is 0.573 e. The van der Waals surface area contributed by atoms with E-state index in [-0.39, 0.29) is 17.0 Å². The summed E-state index contributed by atoms with van der Waals surface area (Å²) in [5.41, 5.74) is 0.954. The molecule has 0 saturated carbocycles. The summed E-state index contributed by atoms with van der Waals surface area (Å²) >= 11 is 0. The number of halogens is 4. The minimum atomic E-state index is -4.82. The molecule has 29 heavy (non-hydrogen) atoms. The van der Waals surface area contributed by atoms with Crippen LogP contribution in [-0.4, -0.2) is 18.5 Å². The van der Waals surface area contributed by atoms with E-state index in [0.29, 0.717) is 33.2 Å². The Labute approximate surface area is 161 Å². The highest BCUT2D eigenvalue weighted by Gasteiger charge is 2.32. The van der Waals surface area contributed by atoms with Gasteiger partial charge in [-0.2, -0.15) is 0 Å². The summed E-state index contributed by atoms with van der Waals surface area (Å²) in [6, 6.07) is 12.2. The Kier molecular flexibility index (Phi) is 3.61. The molecule has 0 amide bonds. The van der Waals surface area contributed by atoms with Gasteiger partial charge in [0.25, 0.3) is 0 Å². The van der Waals surface area contributed by atoms with Gasteiger partial charge in [0.1, 0.15) is 22.8 Å². The van der Waals surface area contributed by atoms with E-state index in [4.69, 9.17) is 9.47 Å². The fourth-order valence-electron chi connectivity index (χ4n) is 3.58. The standard InChI is InChI=1S/C21H11F4NO3/c1-27-15-8-7-12-11-3-2-4-14-17(11)19(26-20(12)18(15)22)13-6-5-10(9-16(13)28-14)29-21(23,24)25/h2-9H,1H3. The lowest BCUT2D eigenvalue weighted by Gasteiger charge is -2.22. The predicted octanol–water partition coefficient (Wildman–Crippen LogP) is 6.21. The van der Waals surface area contributed by atoms with Crippen LogP contribution in [0.4, 0.5) is 17.6 Å². The van der Waals surface area contributed by atoms with E-state index in [1.165, 1.54) is 25.3 Å². The fourth-order valence-corrected chi connectivity index (χ4v) is 3.58. The number of rotatable bonds is 2. The highest BCUT2D eigenvalue weighted by Crippen LogP contribution is 2.48. The van der Waals surface area contributed by atoms with Crippen LogP contribution < -0.4 is 14.2 Å². The van der Waals surface area contributed by atoms with Gasteiger partial charge in [-0.1, -0.05) is 12.1 Å². The normalized spacial score (nSPS) is 12.6. The molecular formula is C21H11F4NO3. The zero-order valence-electron chi connectivity index (χ0n) is 14.8. The highest BCUT2D eigenvalue weighted by atomic mass is 19.4. The van der Waals surface area contributed by atoms with Crippen molar-refractivity contribution in [3.8, 4) is 34.3 Å². The first-order chi connectivity index (χ1) is 13.9. The van der Waals surface area contributed by atoms with Crippen molar-refractivity contribution in [3.05, 3.63) is 54.3 Å². The number of pyridine rings is 1. The summed E-state index contributed by atoms with van der Waals surface area (Å²) < 4.78 is 67.4. The van der Waals surface area contributed by atoms with Crippen molar-refractivity contribution in [2.45, 2.75) is 6.36 Å². The molecule has 4 nitrogen and oxygen atoms in total. The molecule has 0 bridgehead atoms. The van der Waals surface area contributed by atoms with Gasteiger partial charge < -0.3 is 14.2 Å². The van der Waals surface area contributed by atoms with Crippen molar-refractivity contribution in [1.29, 1.82) is 0 Å². The van der Waals surface area contributed by atoms with E-state index in [9.17, 15) is 17.6 Å². The lowest BCUT2D eigenvalue weighted by molar-refractivity contribution is -0.274. The van der Waals surface area contributed by atoms with Crippen LogP contribution in [0.15, 0.2) is 48.5 Å². The number of aromatic nitrogens is 1. The van der Waals surface area contributed by atoms with E-state index in [1.807, 2.05) is 6.07 Å². The van der Waals surface area contributed by atoms with Gasteiger partial charge in [-0.05, 0) is 35.7 Å². The molecule has 2 heterocycles. The molecule has 0 unspecified atom stereocenters. The number of nitrogens with zero attached hydrogens (tertiary/aromatic N) is 1. The summed E-state index contributed by atoms with van der Waals surface area (Å²) in [5, 5.41) is 1.94. The Morgan fingerprint density at radius 2 is 1.79 bits per heavy atom. The Bertz CT molecular complexity index is 1300. The number of methoxy groups -OCH3 is 1. The minimum Gasteiger partial charge on any atom is -0.494 e. The molecule has 1 aromatic heterocycles. The molecule has 0 atom stereocenters. The first kappa shape index (κ1) is 17.5. The van der Waals surface area contributed by atoms with Gasteiger partial charge in [-0.15, -0.1) is 13.2 Å². The maximum atomic E-state index is 14.9. The third-order valence-corrected chi connectivity index (χ3v) is 4.74. The van der Waals surface area contributed by atoms with Crippen LogP contribution >= 0.6 is 0 Å². The largest absolute Gasteiger partial charge is 0.573 e. The lowest BCUT2D eigenvalue weighted by Crippen LogP contribution is -2.17. The van der Waals surface area contributed by atoms with Crippen LogP contribution in [0, 0.1) is 5.82 Å². The van der Waals surface area contributed by atoms with Crippen LogP contribution in [0.1, 0.15) is 0 Å². The van der Waals surface area contributed by atoms with E-state index in [2.05, 4.69) is 9.72 Å². The van der Waals surface area contributed by atoms with E-state index in [0.717, 1.165) is 6.07 Å². The summed E-state index contributed by atoms with van der Waals surface area (Å²) in [7, 11) is 1.36. The summed E-state index contributed by atoms with van der Waals surface area (Å²) in [4.78, 5) is 4.49. The van der Waals surface area contributed by atoms with Crippen molar-refractivity contribution in [2.75, 3.05) is 7.11 Å². The van der Waals surface area contributed by atoms with Crippen LogP contribution in [0.25, 0.3) is 32.9 Å². The van der Waals surface area contributed by atoms with Gasteiger partial charge in [0.15, 0.2) is 11.6 Å². The minimum absolute atomic E-state index is 0.0499. The van der Waals surface area contributed by atoms with E-state index >= 15 is 0 Å². The van der Waals surface area contributed by atoms with Crippen molar-refractivity contribution >= 4 is 21.7 Å². The maximum absolute atomic E-state index is 14.9. The zero-order valence-corrected chi connectivity index (χ0v) is 14.8. The van der Waals surface area contributed by atoms with Crippen LogP contribution in [0.2, 0.25) is 0 Å². The molecule has 0 spiro atoms. The van der Waals surface area contributed by atoms with Gasteiger partial charge in [0.2, 0.25) is 0 Å². The number of benzene rings is 3. The highest BCUT2D eigenvalue weighted by molar-refractivity contribution is 6.14. The molecule has 0 aliphatic carbocycles. The van der Waals surface area contributed by atoms with Gasteiger partial charge >= 0.3 is 6.36 Å². The fraction of sp³-hybridized carbons (Fsp3) is 0.0952. The second-order valence-corrected chi connectivity index (χ2v) is 6.42. The first-order valence-corrected chi connectivity index (χ1v) is 8.52. The molecule has 1 aliphatic heterocycles. The van der Waals surface area contributed by atoms with Gasteiger partial charge in [0, 0.05) is 17.0 Å². The molecule has 5 rings (SSSR count). The second-order valence-electron chi connectivity index (χ2n) is 6.42. The second kappa shape index (κ2) is 5.97. The Morgan fingerprint density at radius 1 is 0.966 bits per heavy atom. The SMILES string of the molecule is COc1ccc2c(nc3c4c(cccc42)Oc2cc(OC(F)(F)F)ccc2-3)c1F. The monoisotopic (exact) mass is 401 g/mol. The molecule has 0 radical (unpaired) electrons. The van der Waals surface area contributed by atoms with Crippen molar-refractivity contribution in [3.63, 3.8) is 0 Å². The molecule has 0 N–H and O–H groups in total. The third kappa shape index (κ3) is 2.71. The number of alkyl halides is 3. The summed E-state index contributed by atoms with van der Waals surface area (Å²) in [6.07, 6.45) is -4.82. The van der Waals surface area contributed by atoms with Crippen molar-refractivity contribution < 1.29 is 31.8 Å². The van der Waals surface area contributed by atoms with Crippen LogP contribution in [-0.2, 0) is 0 Å². The Hall–Kier alpha value is -3.55. The summed E-state index contributed by atoms with van der Waals surface area (Å²) in [6.45, 7) is 0. The smallest absolute Gasteiger partial charge is 0.494 e. The molecule has 3 aromatic carbocycles. The average molecular weight is 401 g/mol. The topological polar surface area (TPSA) is 40.6 Å². The van der Waals surface area contributed by atoms with Gasteiger partial charge in [-0.25, -0.2) is 9.37 Å². The van der Waals surface area contributed by atoms with Crippen LogP contribution in [0.3, 0.4) is 0 Å². The van der Waals surface area contributed by atoms with Crippen molar-refractivity contribution in [1.82, 2.24) is 4.98 Å². The third-order valence-electron chi connectivity index (χ3n) is 4.74. The lowest BCUT2D eigenvalue weighted by atomic mass is 9.96. The molecular weight excluding hydrogens is 390 g/mol.